The molecule has 0 aromatic heterocycles. The maximum absolute atomic E-state index is 9.86. The highest BCUT2D eigenvalue weighted by Gasteiger charge is 2.10. The first-order valence-electron chi connectivity index (χ1n) is 5.45. The van der Waals surface area contributed by atoms with E-state index in [0.29, 0.717) is 11.6 Å². The van der Waals surface area contributed by atoms with Gasteiger partial charge in [0.15, 0.2) is 0 Å². The van der Waals surface area contributed by atoms with Gasteiger partial charge in [0.25, 0.3) is 0 Å². The molecule has 90 valence electrons. The molecule has 0 heterocycles. The molecule has 0 radical (unpaired) electrons. The van der Waals surface area contributed by atoms with Crippen LogP contribution in [-0.4, -0.2) is 29.4 Å². The summed E-state index contributed by atoms with van der Waals surface area (Å²) in [5.74, 6) is 0. The van der Waals surface area contributed by atoms with E-state index in [9.17, 15) is 5.11 Å². The van der Waals surface area contributed by atoms with Gasteiger partial charge in [-0.05, 0) is 24.1 Å². The lowest BCUT2D eigenvalue weighted by Gasteiger charge is -2.17. The van der Waals surface area contributed by atoms with Crippen LogP contribution in [0.2, 0.25) is 5.02 Å². The molecule has 3 nitrogen and oxygen atoms in total. The number of aliphatic hydroxyl groups is 2. The van der Waals surface area contributed by atoms with E-state index in [0.717, 1.165) is 12.0 Å². The molecule has 2 unspecified atom stereocenters. The molecular weight excluding hydrogens is 226 g/mol. The molecule has 0 spiro atoms. The summed E-state index contributed by atoms with van der Waals surface area (Å²) in [7, 11) is 0. The highest BCUT2D eigenvalue weighted by Crippen LogP contribution is 2.15. The number of benzene rings is 1. The zero-order valence-electron chi connectivity index (χ0n) is 9.36. The van der Waals surface area contributed by atoms with Crippen molar-refractivity contribution in [3.05, 3.63) is 34.9 Å². The van der Waals surface area contributed by atoms with Crippen molar-refractivity contribution in [3.63, 3.8) is 0 Å². The van der Waals surface area contributed by atoms with Crippen molar-refractivity contribution in [2.75, 3.05) is 13.2 Å². The molecule has 1 aromatic rings. The van der Waals surface area contributed by atoms with E-state index in [1.165, 1.54) is 0 Å². The van der Waals surface area contributed by atoms with Gasteiger partial charge in [0, 0.05) is 17.6 Å². The summed E-state index contributed by atoms with van der Waals surface area (Å²) in [5.41, 5.74) is 0.824. The Morgan fingerprint density at radius 2 is 1.94 bits per heavy atom. The Morgan fingerprint density at radius 1 is 1.31 bits per heavy atom. The summed E-state index contributed by atoms with van der Waals surface area (Å²) in [6.07, 6.45) is 0.266. The summed E-state index contributed by atoms with van der Waals surface area (Å²) >= 11 is 5.76. The van der Waals surface area contributed by atoms with Crippen molar-refractivity contribution in [3.8, 4) is 0 Å². The second-order valence-corrected chi connectivity index (χ2v) is 4.20. The molecule has 0 fully saturated rings. The van der Waals surface area contributed by atoms with Gasteiger partial charge >= 0.3 is 0 Å². The topological polar surface area (TPSA) is 52.5 Å². The van der Waals surface area contributed by atoms with Crippen molar-refractivity contribution < 1.29 is 10.2 Å². The molecule has 0 saturated heterocycles. The Balaban J connectivity index is 2.46. The minimum Gasteiger partial charge on any atom is -0.395 e. The van der Waals surface area contributed by atoms with Gasteiger partial charge in [-0.15, -0.1) is 0 Å². The number of rotatable bonds is 6. The number of hydrogen-bond donors (Lipinski definition) is 3. The smallest absolute Gasteiger partial charge is 0.0914 e. The summed E-state index contributed by atoms with van der Waals surface area (Å²) in [4.78, 5) is 0. The normalized spacial score (nSPS) is 14.8. The number of nitrogens with one attached hydrogen (secondary N) is 1. The molecule has 0 amide bonds. The summed E-state index contributed by atoms with van der Waals surface area (Å²) in [6.45, 7) is 2.51. The Morgan fingerprint density at radius 3 is 2.44 bits per heavy atom. The first-order chi connectivity index (χ1) is 7.67. The molecule has 4 heteroatoms. The summed E-state index contributed by atoms with van der Waals surface area (Å²) < 4.78 is 0. The van der Waals surface area contributed by atoms with Crippen LogP contribution in [-0.2, 0) is 0 Å². The first kappa shape index (κ1) is 13.5. The second-order valence-electron chi connectivity index (χ2n) is 3.76. The molecule has 0 aliphatic heterocycles. The van der Waals surface area contributed by atoms with E-state index in [4.69, 9.17) is 16.7 Å². The minimum atomic E-state index is -0.571. The number of hydrogen-bond acceptors (Lipinski definition) is 3. The van der Waals surface area contributed by atoms with Gasteiger partial charge in [0.05, 0.1) is 12.7 Å². The fourth-order valence-corrected chi connectivity index (χ4v) is 1.55. The Hall–Kier alpha value is -0.610. The van der Waals surface area contributed by atoms with Gasteiger partial charge in [-0.2, -0.15) is 0 Å². The number of halogens is 1. The van der Waals surface area contributed by atoms with Crippen LogP contribution in [0.15, 0.2) is 24.3 Å². The van der Waals surface area contributed by atoms with Crippen LogP contribution < -0.4 is 5.32 Å². The molecule has 1 aromatic carbocycles. The van der Waals surface area contributed by atoms with Crippen LogP contribution in [0.1, 0.15) is 25.0 Å². The molecule has 0 aliphatic rings. The highest BCUT2D eigenvalue weighted by molar-refractivity contribution is 6.30. The molecule has 0 bridgehead atoms. The van der Waals surface area contributed by atoms with Gasteiger partial charge in [0.1, 0.15) is 0 Å². The van der Waals surface area contributed by atoms with Crippen LogP contribution in [0.25, 0.3) is 0 Å². The van der Waals surface area contributed by atoms with Gasteiger partial charge < -0.3 is 15.5 Å². The largest absolute Gasteiger partial charge is 0.395 e. The summed E-state index contributed by atoms with van der Waals surface area (Å²) in [6, 6.07) is 7.15. The van der Waals surface area contributed by atoms with Gasteiger partial charge in [-0.1, -0.05) is 30.7 Å². The van der Waals surface area contributed by atoms with Crippen molar-refractivity contribution in [1.82, 2.24) is 5.32 Å². The molecule has 1 rings (SSSR count). The van der Waals surface area contributed by atoms with Gasteiger partial charge in [0.2, 0.25) is 0 Å². The third-order valence-corrected chi connectivity index (χ3v) is 2.82. The lowest BCUT2D eigenvalue weighted by molar-refractivity contribution is 0.158. The SMILES string of the molecule is CCC(CO)NCC(O)c1ccc(Cl)cc1. The van der Waals surface area contributed by atoms with E-state index in [1.54, 1.807) is 24.3 Å². The molecule has 2 atom stereocenters. The lowest BCUT2D eigenvalue weighted by Crippen LogP contribution is -2.34. The molecule has 3 N–H and O–H groups in total. The highest BCUT2D eigenvalue weighted by atomic mass is 35.5. The van der Waals surface area contributed by atoms with E-state index in [-0.39, 0.29) is 12.6 Å². The van der Waals surface area contributed by atoms with Crippen LogP contribution in [0.5, 0.6) is 0 Å². The zero-order chi connectivity index (χ0) is 12.0. The van der Waals surface area contributed by atoms with Crippen LogP contribution in [0.4, 0.5) is 0 Å². The second kappa shape index (κ2) is 6.86. The molecule has 16 heavy (non-hydrogen) atoms. The van der Waals surface area contributed by atoms with Crippen LogP contribution >= 0.6 is 11.6 Å². The summed E-state index contributed by atoms with van der Waals surface area (Å²) in [5, 5.41) is 22.6. The Labute approximate surface area is 101 Å². The van der Waals surface area contributed by atoms with E-state index < -0.39 is 6.10 Å². The molecule has 0 aliphatic carbocycles. The maximum Gasteiger partial charge on any atom is 0.0914 e. The number of aliphatic hydroxyl groups excluding tert-OH is 2. The third-order valence-electron chi connectivity index (χ3n) is 2.57. The quantitative estimate of drug-likeness (QED) is 0.713. The maximum atomic E-state index is 9.86. The third kappa shape index (κ3) is 4.10. The van der Waals surface area contributed by atoms with Crippen molar-refractivity contribution in [1.29, 1.82) is 0 Å². The van der Waals surface area contributed by atoms with Crippen molar-refractivity contribution in [2.45, 2.75) is 25.5 Å². The Bertz CT molecular complexity index is 298. The standard InChI is InChI=1S/C12H18ClNO2/c1-2-11(8-15)14-7-12(16)9-3-5-10(13)6-4-9/h3-6,11-12,14-16H,2,7-8H2,1H3. The fourth-order valence-electron chi connectivity index (χ4n) is 1.42. The van der Waals surface area contributed by atoms with Crippen molar-refractivity contribution >= 4 is 11.6 Å². The Kier molecular flexibility index (Phi) is 5.77. The predicted molar refractivity (Wildman–Crippen MR) is 65.6 cm³/mol. The fraction of sp³-hybridized carbons (Fsp3) is 0.500. The van der Waals surface area contributed by atoms with Crippen LogP contribution in [0.3, 0.4) is 0 Å². The molecular formula is C12H18ClNO2. The van der Waals surface area contributed by atoms with Gasteiger partial charge in [-0.25, -0.2) is 0 Å². The first-order valence-corrected chi connectivity index (χ1v) is 5.83. The van der Waals surface area contributed by atoms with Gasteiger partial charge in [-0.3, -0.25) is 0 Å². The van der Waals surface area contributed by atoms with Crippen molar-refractivity contribution in [2.24, 2.45) is 0 Å². The monoisotopic (exact) mass is 243 g/mol. The molecule has 0 saturated carbocycles. The average Bonchev–Trinajstić information content (AvgIpc) is 2.31. The minimum absolute atomic E-state index is 0.0435. The van der Waals surface area contributed by atoms with E-state index in [1.807, 2.05) is 6.92 Å². The lowest BCUT2D eigenvalue weighted by atomic mass is 10.1. The van der Waals surface area contributed by atoms with E-state index in [2.05, 4.69) is 5.32 Å². The average molecular weight is 244 g/mol. The zero-order valence-corrected chi connectivity index (χ0v) is 10.1. The van der Waals surface area contributed by atoms with Crippen LogP contribution in [0, 0.1) is 0 Å². The van der Waals surface area contributed by atoms with E-state index >= 15 is 0 Å². The predicted octanol–water partition coefficient (Wildman–Crippen LogP) is 1.73.